The Balaban J connectivity index is 2.12. The van der Waals surface area contributed by atoms with E-state index in [1.807, 2.05) is 0 Å². The van der Waals surface area contributed by atoms with Crippen LogP contribution in [-0.2, 0) is 0 Å². The van der Waals surface area contributed by atoms with Crippen LogP contribution >= 0.6 is 12.2 Å². The average Bonchev–Trinajstić information content (AvgIpc) is 2.16. The van der Waals surface area contributed by atoms with Crippen LogP contribution in [0.3, 0.4) is 0 Å². The van der Waals surface area contributed by atoms with E-state index in [2.05, 4.69) is 29.6 Å². The third-order valence-corrected chi connectivity index (χ3v) is 2.52. The lowest BCUT2D eigenvalue weighted by Crippen LogP contribution is -2.49. The second-order valence-electron chi connectivity index (χ2n) is 4.26. The van der Waals surface area contributed by atoms with Gasteiger partial charge in [0.2, 0.25) is 0 Å². The number of piperidine rings is 1. The zero-order valence-electron chi connectivity index (χ0n) is 9.18. The van der Waals surface area contributed by atoms with Crippen molar-refractivity contribution in [3.63, 3.8) is 0 Å². The monoisotopic (exact) mass is 215 g/mol. The first kappa shape index (κ1) is 11.7. The van der Waals surface area contributed by atoms with Crippen LogP contribution in [0.4, 0.5) is 0 Å². The Bertz CT molecular complexity index is 176. The van der Waals surface area contributed by atoms with Gasteiger partial charge in [0.05, 0.1) is 0 Å². The van der Waals surface area contributed by atoms with Crippen molar-refractivity contribution in [3.05, 3.63) is 0 Å². The molecule has 0 radical (unpaired) electrons. The summed E-state index contributed by atoms with van der Waals surface area (Å²) in [7, 11) is 0. The highest BCUT2D eigenvalue weighted by molar-refractivity contribution is 7.80. The van der Waals surface area contributed by atoms with E-state index in [4.69, 9.17) is 12.2 Å². The fraction of sp³-hybridized carbons (Fsp3) is 0.900. The normalized spacial score (nSPS) is 18.2. The summed E-state index contributed by atoms with van der Waals surface area (Å²) in [4.78, 5) is 0. The summed E-state index contributed by atoms with van der Waals surface area (Å²) < 4.78 is 0. The van der Waals surface area contributed by atoms with Crippen LogP contribution in [0, 0.1) is 5.92 Å². The molecule has 0 unspecified atom stereocenters. The molecule has 0 aromatic rings. The Morgan fingerprint density at radius 3 is 2.50 bits per heavy atom. The first-order valence-corrected chi connectivity index (χ1v) is 5.88. The molecule has 1 rings (SSSR count). The van der Waals surface area contributed by atoms with E-state index in [1.54, 1.807) is 0 Å². The van der Waals surface area contributed by atoms with Crippen molar-refractivity contribution < 1.29 is 0 Å². The number of rotatable bonds is 3. The molecule has 1 fully saturated rings. The minimum atomic E-state index is 0.635. The van der Waals surface area contributed by atoms with Crippen molar-refractivity contribution in [2.24, 2.45) is 5.92 Å². The third-order valence-electron chi connectivity index (χ3n) is 2.29. The molecule has 0 aromatic carbocycles. The van der Waals surface area contributed by atoms with Crippen LogP contribution in [-0.4, -0.2) is 29.8 Å². The topological polar surface area (TPSA) is 27.3 Å². The van der Waals surface area contributed by atoms with Gasteiger partial charge in [0.1, 0.15) is 0 Å². The molecule has 0 bridgehead atoms. The van der Waals surface area contributed by atoms with E-state index in [-0.39, 0.29) is 0 Å². The van der Waals surface area contributed by atoms with E-state index in [1.165, 1.54) is 19.3 Å². The summed E-state index contributed by atoms with van der Waals surface area (Å²) in [6.45, 7) is 7.53. The maximum absolute atomic E-state index is 5.19. The second-order valence-corrected chi connectivity index (χ2v) is 4.67. The largest absolute Gasteiger partial charge is 0.361 e. The predicted octanol–water partition coefficient (Wildman–Crippen LogP) is 1.51. The standard InChI is InChI=1S/C10H21N3S/c1-9(2)8-11-10(14)12-13-6-4-3-5-7-13/h9H,3-8H2,1-2H3,(H2,11,12,14). The van der Waals surface area contributed by atoms with E-state index in [9.17, 15) is 0 Å². The first-order valence-electron chi connectivity index (χ1n) is 5.48. The molecule has 1 aliphatic rings. The first-order chi connectivity index (χ1) is 6.68. The smallest absolute Gasteiger partial charge is 0.181 e. The fourth-order valence-corrected chi connectivity index (χ4v) is 1.70. The summed E-state index contributed by atoms with van der Waals surface area (Å²) >= 11 is 5.19. The van der Waals surface area contributed by atoms with Gasteiger partial charge in [-0.2, -0.15) is 0 Å². The van der Waals surface area contributed by atoms with Gasteiger partial charge in [-0.1, -0.05) is 20.3 Å². The lowest BCUT2D eigenvalue weighted by atomic mass is 10.2. The van der Waals surface area contributed by atoms with Gasteiger partial charge in [-0.15, -0.1) is 0 Å². The lowest BCUT2D eigenvalue weighted by Gasteiger charge is -2.28. The van der Waals surface area contributed by atoms with Gasteiger partial charge in [0, 0.05) is 19.6 Å². The van der Waals surface area contributed by atoms with Crippen molar-refractivity contribution in [1.29, 1.82) is 0 Å². The van der Waals surface area contributed by atoms with Crippen molar-refractivity contribution in [2.45, 2.75) is 33.1 Å². The Hall–Kier alpha value is -0.350. The molecule has 82 valence electrons. The van der Waals surface area contributed by atoms with Gasteiger partial charge in [-0.3, -0.25) is 5.43 Å². The highest BCUT2D eigenvalue weighted by atomic mass is 32.1. The van der Waals surface area contributed by atoms with Gasteiger partial charge in [0.25, 0.3) is 0 Å². The van der Waals surface area contributed by atoms with Crippen LogP contribution in [0.2, 0.25) is 0 Å². The predicted molar refractivity (Wildman–Crippen MR) is 64.0 cm³/mol. The number of hydrazine groups is 1. The molecule has 0 saturated carbocycles. The highest BCUT2D eigenvalue weighted by Crippen LogP contribution is 2.05. The molecule has 0 aliphatic carbocycles. The van der Waals surface area contributed by atoms with Crippen LogP contribution in [0.1, 0.15) is 33.1 Å². The van der Waals surface area contributed by atoms with Gasteiger partial charge < -0.3 is 5.32 Å². The minimum absolute atomic E-state index is 0.635. The lowest BCUT2D eigenvalue weighted by molar-refractivity contribution is 0.193. The van der Waals surface area contributed by atoms with Crippen molar-refractivity contribution >= 4 is 17.3 Å². The Kier molecular flexibility index (Phi) is 5.19. The molecule has 14 heavy (non-hydrogen) atoms. The highest BCUT2D eigenvalue weighted by Gasteiger charge is 2.10. The SMILES string of the molecule is CC(C)CNC(=S)NN1CCCCC1. The fourth-order valence-electron chi connectivity index (χ4n) is 1.49. The van der Waals surface area contributed by atoms with E-state index >= 15 is 0 Å². The van der Waals surface area contributed by atoms with Crippen molar-refractivity contribution in [3.8, 4) is 0 Å². The Morgan fingerprint density at radius 2 is 1.93 bits per heavy atom. The van der Waals surface area contributed by atoms with Crippen LogP contribution < -0.4 is 10.7 Å². The zero-order valence-corrected chi connectivity index (χ0v) is 9.99. The molecular formula is C10H21N3S. The van der Waals surface area contributed by atoms with Crippen molar-refractivity contribution in [2.75, 3.05) is 19.6 Å². The van der Waals surface area contributed by atoms with Gasteiger partial charge >= 0.3 is 0 Å². The number of hydrogen-bond acceptors (Lipinski definition) is 2. The van der Waals surface area contributed by atoms with E-state index < -0.39 is 0 Å². The molecule has 0 aromatic heterocycles. The van der Waals surface area contributed by atoms with E-state index in [0.29, 0.717) is 5.92 Å². The average molecular weight is 215 g/mol. The van der Waals surface area contributed by atoms with E-state index in [0.717, 1.165) is 24.7 Å². The zero-order chi connectivity index (χ0) is 10.4. The molecule has 1 heterocycles. The maximum Gasteiger partial charge on any atom is 0.181 e. The Labute approximate surface area is 92.2 Å². The summed E-state index contributed by atoms with van der Waals surface area (Å²) in [5, 5.41) is 6.18. The summed E-state index contributed by atoms with van der Waals surface area (Å²) in [5.41, 5.74) is 3.23. The molecule has 4 heteroatoms. The quantitative estimate of drug-likeness (QED) is 0.698. The second kappa shape index (κ2) is 6.19. The molecule has 0 atom stereocenters. The van der Waals surface area contributed by atoms with Gasteiger partial charge in [-0.25, -0.2) is 5.01 Å². The summed E-state index contributed by atoms with van der Waals surface area (Å²) in [5.74, 6) is 0.635. The molecule has 0 spiro atoms. The molecule has 1 saturated heterocycles. The molecular weight excluding hydrogens is 194 g/mol. The minimum Gasteiger partial charge on any atom is -0.361 e. The van der Waals surface area contributed by atoms with Gasteiger partial charge in [0.15, 0.2) is 5.11 Å². The number of nitrogens with one attached hydrogen (secondary N) is 2. The maximum atomic E-state index is 5.19. The molecule has 0 amide bonds. The summed E-state index contributed by atoms with van der Waals surface area (Å²) in [6, 6.07) is 0. The van der Waals surface area contributed by atoms with Crippen LogP contribution in [0.5, 0.6) is 0 Å². The number of thiocarbonyl (C=S) groups is 1. The van der Waals surface area contributed by atoms with Gasteiger partial charge in [-0.05, 0) is 31.0 Å². The Morgan fingerprint density at radius 1 is 1.29 bits per heavy atom. The van der Waals surface area contributed by atoms with Crippen molar-refractivity contribution in [1.82, 2.24) is 15.8 Å². The molecule has 1 aliphatic heterocycles. The van der Waals surface area contributed by atoms with Crippen LogP contribution in [0.25, 0.3) is 0 Å². The van der Waals surface area contributed by atoms with Crippen LogP contribution in [0.15, 0.2) is 0 Å². The third kappa shape index (κ3) is 4.77. The summed E-state index contributed by atoms with van der Waals surface area (Å²) in [6.07, 6.45) is 3.91. The number of nitrogens with zero attached hydrogens (tertiary/aromatic N) is 1. The molecule has 2 N–H and O–H groups in total. The molecule has 3 nitrogen and oxygen atoms in total. The number of hydrogen-bond donors (Lipinski definition) is 2.